The molecule has 0 saturated heterocycles. The van der Waals surface area contributed by atoms with Crippen LogP contribution in [0.1, 0.15) is 40.0 Å². The van der Waals surface area contributed by atoms with E-state index >= 15 is 0 Å². The van der Waals surface area contributed by atoms with E-state index in [-0.39, 0.29) is 0 Å². The predicted octanol–water partition coefficient (Wildman–Crippen LogP) is 1.35. The molecule has 0 bridgehead atoms. The summed E-state index contributed by atoms with van der Waals surface area (Å²) in [6, 6.07) is 0.623. The Morgan fingerprint density at radius 1 is 0.800 bits per heavy atom. The van der Waals surface area contributed by atoms with Gasteiger partial charge in [0.05, 0.1) is 0 Å². The molecule has 0 radical (unpaired) electrons. The molecule has 0 rings (SSSR count). The Bertz CT molecular complexity index is 115. The summed E-state index contributed by atoms with van der Waals surface area (Å²) in [4.78, 5) is 0. The van der Waals surface area contributed by atoms with Crippen molar-refractivity contribution in [3.05, 3.63) is 0 Å². The van der Waals surface area contributed by atoms with E-state index in [1.54, 1.807) is 0 Å². The molecule has 0 unspecified atom stereocenters. The van der Waals surface area contributed by atoms with Gasteiger partial charge in [-0.2, -0.15) is 0 Å². The molecule has 0 aromatic carbocycles. The number of hydrogen-bond donors (Lipinski definition) is 3. The van der Waals surface area contributed by atoms with Crippen molar-refractivity contribution < 1.29 is 0 Å². The Balaban J connectivity index is 2.87. The molecule has 0 atom stereocenters. The predicted molar refractivity (Wildman–Crippen MR) is 68.4 cm³/mol. The maximum atomic E-state index is 3.46. The van der Waals surface area contributed by atoms with Crippen LogP contribution in [0.2, 0.25) is 0 Å². The van der Waals surface area contributed by atoms with E-state index in [0.29, 0.717) is 6.04 Å². The van der Waals surface area contributed by atoms with Crippen molar-refractivity contribution in [3.63, 3.8) is 0 Å². The molecule has 15 heavy (non-hydrogen) atoms. The van der Waals surface area contributed by atoms with Gasteiger partial charge in [-0.3, -0.25) is 0 Å². The summed E-state index contributed by atoms with van der Waals surface area (Å²) in [5, 5.41) is 10.2. The SMILES string of the molecule is CCNCCCNCCCCNC(C)C. The second-order valence-corrected chi connectivity index (χ2v) is 4.27. The second kappa shape index (κ2) is 12.0. The third-order valence-electron chi connectivity index (χ3n) is 2.29. The zero-order valence-corrected chi connectivity index (χ0v) is 10.7. The van der Waals surface area contributed by atoms with Crippen molar-refractivity contribution in [3.8, 4) is 0 Å². The third-order valence-corrected chi connectivity index (χ3v) is 2.29. The van der Waals surface area contributed by atoms with E-state index in [1.807, 2.05) is 0 Å². The van der Waals surface area contributed by atoms with Gasteiger partial charge in [0, 0.05) is 6.04 Å². The van der Waals surface area contributed by atoms with Gasteiger partial charge in [-0.05, 0) is 52.0 Å². The van der Waals surface area contributed by atoms with Gasteiger partial charge in [-0.25, -0.2) is 0 Å². The molecule has 3 N–H and O–H groups in total. The summed E-state index contributed by atoms with van der Waals surface area (Å²) in [6.45, 7) is 12.2. The van der Waals surface area contributed by atoms with Crippen LogP contribution in [0.4, 0.5) is 0 Å². The lowest BCUT2D eigenvalue weighted by Gasteiger charge is -2.08. The molecule has 0 aromatic heterocycles. The van der Waals surface area contributed by atoms with Crippen molar-refractivity contribution in [2.75, 3.05) is 32.7 Å². The van der Waals surface area contributed by atoms with Crippen molar-refractivity contribution in [1.82, 2.24) is 16.0 Å². The van der Waals surface area contributed by atoms with Gasteiger partial charge in [0.2, 0.25) is 0 Å². The van der Waals surface area contributed by atoms with Gasteiger partial charge in [-0.15, -0.1) is 0 Å². The summed E-state index contributed by atoms with van der Waals surface area (Å²) in [5.41, 5.74) is 0. The summed E-state index contributed by atoms with van der Waals surface area (Å²) >= 11 is 0. The zero-order chi connectivity index (χ0) is 11.4. The molecule has 0 fully saturated rings. The second-order valence-electron chi connectivity index (χ2n) is 4.27. The molecule has 0 saturated carbocycles. The number of nitrogens with one attached hydrogen (secondary N) is 3. The van der Waals surface area contributed by atoms with Gasteiger partial charge >= 0.3 is 0 Å². The van der Waals surface area contributed by atoms with Crippen molar-refractivity contribution >= 4 is 0 Å². The fourth-order valence-corrected chi connectivity index (χ4v) is 1.41. The van der Waals surface area contributed by atoms with Crippen molar-refractivity contribution in [2.24, 2.45) is 0 Å². The van der Waals surface area contributed by atoms with Crippen LogP contribution in [0.15, 0.2) is 0 Å². The van der Waals surface area contributed by atoms with Gasteiger partial charge in [0.15, 0.2) is 0 Å². The lowest BCUT2D eigenvalue weighted by atomic mass is 10.3. The normalized spacial score (nSPS) is 11.2. The fraction of sp³-hybridized carbons (Fsp3) is 1.00. The van der Waals surface area contributed by atoms with E-state index in [0.717, 1.165) is 32.7 Å². The van der Waals surface area contributed by atoms with Gasteiger partial charge in [-0.1, -0.05) is 20.8 Å². The first-order valence-corrected chi connectivity index (χ1v) is 6.42. The molecule has 0 heterocycles. The Hall–Kier alpha value is -0.120. The molecule has 0 aliphatic heterocycles. The number of unbranched alkanes of at least 4 members (excludes halogenated alkanes) is 1. The summed E-state index contributed by atoms with van der Waals surface area (Å²) < 4.78 is 0. The largest absolute Gasteiger partial charge is 0.317 e. The fourth-order valence-electron chi connectivity index (χ4n) is 1.41. The van der Waals surface area contributed by atoms with Crippen LogP contribution in [-0.2, 0) is 0 Å². The van der Waals surface area contributed by atoms with E-state index < -0.39 is 0 Å². The highest BCUT2D eigenvalue weighted by molar-refractivity contribution is 4.55. The Kier molecular flexibility index (Phi) is 11.9. The molecule has 92 valence electrons. The summed E-state index contributed by atoms with van der Waals surface area (Å²) in [7, 11) is 0. The summed E-state index contributed by atoms with van der Waals surface area (Å²) in [5.74, 6) is 0. The highest BCUT2D eigenvalue weighted by atomic mass is 14.9. The minimum atomic E-state index is 0.623. The van der Waals surface area contributed by atoms with Crippen LogP contribution in [0, 0.1) is 0 Å². The van der Waals surface area contributed by atoms with E-state index in [1.165, 1.54) is 19.3 Å². The maximum absolute atomic E-state index is 3.46. The van der Waals surface area contributed by atoms with E-state index in [4.69, 9.17) is 0 Å². The molecule has 0 aliphatic carbocycles. The maximum Gasteiger partial charge on any atom is 0.00103 e. The number of rotatable bonds is 11. The van der Waals surface area contributed by atoms with Crippen LogP contribution >= 0.6 is 0 Å². The van der Waals surface area contributed by atoms with Crippen LogP contribution < -0.4 is 16.0 Å². The third kappa shape index (κ3) is 13.9. The molecule has 0 aliphatic rings. The average molecular weight is 215 g/mol. The smallest absolute Gasteiger partial charge is 0.00103 e. The molecular weight excluding hydrogens is 186 g/mol. The molecule has 3 heteroatoms. The summed E-state index contributed by atoms with van der Waals surface area (Å²) in [6.07, 6.45) is 3.79. The Morgan fingerprint density at radius 3 is 2.07 bits per heavy atom. The van der Waals surface area contributed by atoms with Gasteiger partial charge < -0.3 is 16.0 Å². The zero-order valence-electron chi connectivity index (χ0n) is 10.7. The minimum Gasteiger partial charge on any atom is -0.317 e. The highest BCUT2D eigenvalue weighted by Crippen LogP contribution is 1.86. The van der Waals surface area contributed by atoms with Crippen LogP contribution in [-0.4, -0.2) is 38.8 Å². The van der Waals surface area contributed by atoms with E-state index in [9.17, 15) is 0 Å². The quantitative estimate of drug-likeness (QED) is 0.455. The highest BCUT2D eigenvalue weighted by Gasteiger charge is 1.92. The van der Waals surface area contributed by atoms with Gasteiger partial charge in [0.1, 0.15) is 0 Å². The first kappa shape index (κ1) is 14.9. The first-order valence-electron chi connectivity index (χ1n) is 6.42. The van der Waals surface area contributed by atoms with Crippen LogP contribution in [0.3, 0.4) is 0 Å². The Morgan fingerprint density at radius 2 is 1.40 bits per heavy atom. The first-order chi connectivity index (χ1) is 7.27. The molecular formula is C12H29N3. The molecule has 0 amide bonds. The Labute approximate surface area is 95.4 Å². The number of hydrogen-bond acceptors (Lipinski definition) is 3. The van der Waals surface area contributed by atoms with E-state index in [2.05, 4.69) is 36.7 Å². The lowest BCUT2D eigenvalue weighted by Crippen LogP contribution is -2.25. The lowest BCUT2D eigenvalue weighted by molar-refractivity contribution is 0.535. The molecule has 0 aromatic rings. The van der Waals surface area contributed by atoms with Crippen molar-refractivity contribution in [1.29, 1.82) is 0 Å². The monoisotopic (exact) mass is 215 g/mol. The minimum absolute atomic E-state index is 0.623. The van der Waals surface area contributed by atoms with Crippen molar-refractivity contribution in [2.45, 2.75) is 46.1 Å². The van der Waals surface area contributed by atoms with Crippen LogP contribution in [0.5, 0.6) is 0 Å². The standard InChI is InChI=1S/C12H29N3/c1-4-13-9-7-10-14-8-5-6-11-15-12(2)3/h12-15H,4-11H2,1-3H3. The molecule has 0 spiro atoms. The topological polar surface area (TPSA) is 36.1 Å². The molecule has 3 nitrogen and oxygen atoms in total. The average Bonchev–Trinajstić information content (AvgIpc) is 2.20. The van der Waals surface area contributed by atoms with Crippen LogP contribution in [0.25, 0.3) is 0 Å². The van der Waals surface area contributed by atoms with Gasteiger partial charge in [0.25, 0.3) is 0 Å².